The van der Waals surface area contributed by atoms with E-state index in [1.807, 2.05) is 4.90 Å². The molecule has 1 amide bonds. The number of nitrogens with two attached hydrogens (primary N) is 1. The normalized spacial score (nSPS) is 17.7. The van der Waals surface area contributed by atoms with Crippen LogP contribution in [0, 0.1) is 17.6 Å². The number of amides is 1. The summed E-state index contributed by atoms with van der Waals surface area (Å²) in [7, 11) is -3.39. The van der Waals surface area contributed by atoms with E-state index in [1.165, 1.54) is 0 Å². The molecule has 7 nitrogen and oxygen atoms in total. The fourth-order valence-electron chi connectivity index (χ4n) is 4.12. The molecule has 2 aliphatic rings. The van der Waals surface area contributed by atoms with Gasteiger partial charge in [-0.2, -0.15) is 0 Å². The molecule has 1 aromatic carbocycles. The smallest absolute Gasteiger partial charge is 0.217 e. The number of anilines is 1. The molecular formula is C20H22Cl2F2N4O3S. The zero-order chi connectivity index (χ0) is 22.3. The summed E-state index contributed by atoms with van der Waals surface area (Å²) in [6, 6.07) is 1.77. The minimum absolute atomic E-state index is 0. The summed E-state index contributed by atoms with van der Waals surface area (Å²) in [5.74, 6) is -1.68. The molecule has 1 saturated heterocycles. The van der Waals surface area contributed by atoms with Gasteiger partial charge in [0, 0.05) is 25.1 Å². The van der Waals surface area contributed by atoms with Gasteiger partial charge in [-0.1, -0.05) is 11.6 Å². The van der Waals surface area contributed by atoms with Crippen LogP contribution in [-0.4, -0.2) is 37.4 Å². The summed E-state index contributed by atoms with van der Waals surface area (Å²) in [5.41, 5.74) is 5.87. The van der Waals surface area contributed by atoms with Gasteiger partial charge in [0.25, 0.3) is 0 Å². The fraction of sp³-hybridized carbons (Fsp3) is 0.450. The van der Waals surface area contributed by atoms with Crippen LogP contribution >= 0.6 is 24.0 Å². The first-order chi connectivity index (χ1) is 14.6. The Morgan fingerprint density at radius 3 is 2.50 bits per heavy atom. The van der Waals surface area contributed by atoms with Crippen LogP contribution < -0.4 is 10.6 Å². The number of halogens is 4. The number of sulfone groups is 1. The van der Waals surface area contributed by atoms with Gasteiger partial charge >= 0.3 is 0 Å². The number of piperidine rings is 1. The van der Waals surface area contributed by atoms with Gasteiger partial charge in [-0.3, -0.25) is 4.79 Å². The number of hydrogen-bond acceptors (Lipinski definition) is 6. The number of primary amides is 1. The predicted molar refractivity (Wildman–Crippen MR) is 119 cm³/mol. The minimum atomic E-state index is -3.39. The number of carbonyl (C=O) groups is 1. The first-order valence-corrected chi connectivity index (χ1v) is 12.1. The second kappa shape index (κ2) is 9.44. The molecule has 2 aliphatic heterocycles. The summed E-state index contributed by atoms with van der Waals surface area (Å²) in [4.78, 5) is 21.7. The van der Waals surface area contributed by atoms with E-state index in [-0.39, 0.29) is 46.2 Å². The van der Waals surface area contributed by atoms with Crippen molar-refractivity contribution in [3.05, 3.63) is 40.0 Å². The molecule has 1 aromatic heterocycles. The number of benzene rings is 1. The number of aromatic nitrogens is 2. The van der Waals surface area contributed by atoms with Crippen molar-refractivity contribution in [3.63, 3.8) is 0 Å². The Kier molecular flexibility index (Phi) is 7.26. The first-order valence-electron chi connectivity index (χ1n) is 9.91. The van der Waals surface area contributed by atoms with E-state index in [0.29, 0.717) is 48.9 Å². The molecule has 32 heavy (non-hydrogen) atoms. The molecule has 0 radical (unpaired) electrons. The second-order valence-corrected chi connectivity index (χ2v) is 10.5. The summed E-state index contributed by atoms with van der Waals surface area (Å²) >= 11 is 5.64. The highest BCUT2D eigenvalue weighted by Crippen LogP contribution is 2.36. The molecule has 174 valence electrons. The van der Waals surface area contributed by atoms with E-state index >= 15 is 0 Å². The van der Waals surface area contributed by atoms with Crippen molar-refractivity contribution in [1.29, 1.82) is 0 Å². The van der Waals surface area contributed by atoms with Crippen molar-refractivity contribution in [2.75, 3.05) is 18.0 Å². The monoisotopic (exact) mass is 506 g/mol. The first kappa shape index (κ1) is 24.6. The number of nitrogens with zero attached hydrogens (tertiary/aromatic N) is 3. The van der Waals surface area contributed by atoms with Crippen molar-refractivity contribution >= 4 is 45.6 Å². The Morgan fingerprint density at radius 1 is 1.16 bits per heavy atom. The number of rotatable bonds is 5. The van der Waals surface area contributed by atoms with Crippen LogP contribution in [0.1, 0.15) is 36.9 Å². The van der Waals surface area contributed by atoms with Gasteiger partial charge in [-0.15, -0.1) is 12.4 Å². The molecule has 0 spiro atoms. The van der Waals surface area contributed by atoms with Crippen LogP contribution in [0.4, 0.5) is 14.6 Å². The number of fused-ring (bicyclic) bond motifs is 1. The SMILES string of the molecule is Cl.NC(=O)CCC1CCN(c2nc(-c3cc(F)c(Cl)cc3F)nc3c2CS(=O)(=O)C3)CC1. The van der Waals surface area contributed by atoms with E-state index in [2.05, 4.69) is 9.97 Å². The van der Waals surface area contributed by atoms with E-state index in [9.17, 15) is 22.0 Å². The number of hydrogen-bond donors (Lipinski definition) is 1. The van der Waals surface area contributed by atoms with Gasteiger partial charge < -0.3 is 10.6 Å². The Balaban J connectivity index is 0.00000289. The van der Waals surface area contributed by atoms with Crippen molar-refractivity contribution in [1.82, 2.24) is 9.97 Å². The lowest BCUT2D eigenvalue weighted by atomic mass is 9.92. The van der Waals surface area contributed by atoms with Gasteiger partial charge in [0.05, 0.1) is 27.8 Å². The lowest BCUT2D eigenvalue weighted by molar-refractivity contribution is -0.118. The van der Waals surface area contributed by atoms with E-state index < -0.39 is 21.5 Å². The Hall–Kier alpha value is -2.04. The van der Waals surface area contributed by atoms with Crippen LogP contribution in [0.2, 0.25) is 5.02 Å². The molecule has 4 rings (SSSR count). The molecule has 0 unspecified atom stereocenters. The van der Waals surface area contributed by atoms with Crippen molar-refractivity contribution < 1.29 is 22.0 Å². The molecule has 2 aromatic rings. The maximum absolute atomic E-state index is 14.5. The number of carbonyl (C=O) groups excluding carboxylic acids is 1. The van der Waals surface area contributed by atoms with Gasteiger partial charge in [-0.05, 0) is 37.3 Å². The minimum Gasteiger partial charge on any atom is -0.370 e. The van der Waals surface area contributed by atoms with Crippen LogP contribution in [-0.2, 0) is 26.1 Å². The molecule has 0 aliphatic carbocycles. The van der Waals surface area contributed by atoms with Crippen LogP contribution in [0.3, 0.4) is 0 Å². The molecule has 0 saturated carbocycles. The zero-order valence-electron chi connectivity index (χ0n) is 17.0. The highest BCUT2D eigenvalue weighted by Gasteiger charge is 2.33. The Bertz CT molecular complexity index is 1160. The summed E-state index contributed by atoms with van der Waals surface area (Å²) < 4.78 is 53.0. The zero-order valence-corrected chi connectivity index (χ0v) is 19.4. The third-order valence-electron chi connectivity index (χ3n) is 5.76. The topological polar surface area (TPSA) is 106 Å². The molecule has 0 bridgehead atoms. The average molecular weight is 507 g/mol. The van der Waals surface area contributed by atoms with Gasteiger partial charge in [-0.25, -0.2) is 27.2 Å². The van der Waals surface area contributed by atoms with Crippen LogP contribution in [0.5, 0.6) is 0 Å². The molecule has 12 heteroatoms. The fourth-order valence-corrected chi connectivity index (χ4v) is 5.76. The standard InChI is InChI=1S/C20H21ClF2N4O3S.ClH/c21-14-8-15(22)12(7-16(14)23)19-25-17-10-31(29,30)9-13(17)20(26-19)27-5-3-11(4-6-27)1-2-18(24)28;/h7-8,11H,1-6,9-10H2,(H2,24,28);1H. The van der Waals surface area contributed by atoms with E-state index in [4.69, 9.17) is 17.3 Å². The van der Waals surface area contributed by atoms with Crippen molar-refractivity contribution in [3.8, 4) is 11.4 Å². The van der Waals surface area contributed by atoms with Crippen LogP contribution in [0.25, 0.3) is 11.4 Å². The molecular weight excluding hydrogens is 485 g/mol. The second-order valence-electron chi connectivity index (χ2n) is 8.01. The van der Waals surface area contributed by atoms with Gasteiger partial charge in [0.1, 0.15) is 17.5 Å². The van der Waals surface area contributed by atoms with Crippen LogP contribution in [0.15, 0.2) is 12.1 Å². The molecule has 1 fully saturated rings. The highest BCUT2D eigenvalue weighted by molar-refractivity contribution is 7.90. The highest BCUT2D eigenvalue weighted by atomic mass is 35.5. The van der Waals surface area contributed by atoms with Crippen molar-refractivity contribution in [2.45, 2.75) is 37.2 Å². The largest absolute Gasteiger partial charge is 0.370 e. The Labute approximate surface area is 195 Å². The lowest BCUT2D eigenvalue weighted by Gasteiger charge is -2.33. The summed E-state index contributed by atoms with van der Waals surface area (Å²) in [6.45, 7) is 1.20. The summed E-state index contributed by atoms with van der Waals surface area (Å²) in [5, 5.41) is -0.358. The van der Waals surface area contributed by atoms with Gasteiger partial charge in [0.15, 0.2) is 15.7 Å². The van der Waals surface area contributed by atoms with E-state index in [1.54, 1.807) is 0 Å². The lowest BCUT2D eigenvalue weighted by Crippen LogP contribution is -2.35. The third kappa shape index (κ3) is 5.13. The van der Waals surface area contributed by atoms with Crippen molar-refractivity contribution in [2.24, 2.45) is 11.7 Å². The maximum Gasteiger partial charge on any atom is 0.217 e. The average Bonchev–Trinajstić information content (AvgIpc) is 3.02. The molecule has 3 heterocycles. The predicted octanol–water partition coefficient (Wildman–Crippen LogP) is 3.41. The van der Waals surface area contributed by atoms with E-state index in [0.717, 1.165) is 25.0 Å². The molecule has 2 N–H and O–H groups in total. The van der Waals surface area contributed by atoms with Gasteiger partial charge in [0.2, 0.25) is 5.91 Å². The Morgan fingerprint density at radius 2 is 1.84 bits per heavy atom. The quantitative estimate of drug-likeness (QED) is 0.622. The summed E-state index contributed by atoms with van der Waals surface area (Å²) in [6.07, 6.45) is 2.62. The maximum atomic E-state index is 14.5. The third-order valence-corrected chi connectivity index (χ3v) is 7.49. The molecule has 0 atom stereocenters.